The van der Waals surface area contributed by atoms with E-state index in [1.807, 2.05) is 0 Å². The van der Waals surface area contributed by atoms with Gasteiger partial charge in [0, 0.05) is 25.2 Å². The molecule has 98 valence electrons. The second-order valence-corrected chi connectivity index (χ2v) is 4.75. The predicted octanol–water partition coefficient (Wildman–Crippen LogP) is 1.25. The van der Waals surface area contributed by atoms with Gasteiger partial charge in [0.05, 0.1) is 5.92 Å². The van der Waals surface area contributed by atoms with E-state index in [1.54, 1.807) is 24.0 Å². The molecule has 1 heterocycles. The number of anilines is 1. The topological polar surface area (TPSA) is 84.2 Å². The van der Waals surface area contributed by atoms with Crippen LogP contribution in [-0.4, -0.2) is 26.8 Å². The van der Waals surface area contributed by atoms with Gasteiger partial charge in [-0.2, -0.15) is 5.10 Å². The van der Waals surface area contributed by atoms with Gasteiger partial charge in [-0.15, -0.1) is 0 Å². The molecule has 0 spiro atoms. The number of nitrogens with one attached hydrogen (secondary N) is 1. The number of carbonyl (C=O) groups is 2. The van der Waals surface area contributed by atoms with Crippen molar-refractivity contribution in [2.24, 2.45) is 18.9 Å². The minimum atomic E-state index is -0.751. The van der Waals surface area contributed by atoms with Gasteiger partial charge < -0.3 is 10.4 Å². The van der Waals surface area contributed by atoms with E-state index in [1.165, 1.54) is 0 Å². The van der Waals surface area contributed by atoms with Crippen molar-refractivity contribution in [3.8, 4) is 0 Å². The Kier molecular flexibility index (Phi) is 3.64. The van der Waals surface area contributed by atoms with Crippen LogP contribution in [0.25, 0.3) is 0 Å². The van der Waals surface area contributed by atoms with Crippen molar-refractivity contribution >= 4 is 17.7 Å². The third-order valence-corrected chi connectivity index (χ3v) is 3.41. The summed E-state index contributed by atoms with van der Waals surface area (Å²) in [5.74, 6) is -0.648. The van der Waals surface area contributed by atoms with Crippen LogP contribution >= 0.6 is 0 Å². The highest BCUT2D eigenvalue weighted by atomic mass is 16.4. The second kappa shape index (κ2) is 5.20. The summed E-state index contributed by atoms with van der Waals surface area (Å²) in [6.45, 7) is 0. The number of nitrogens with zero attached hydrogens (tertiary/aromatic N) is 2. The van der Waals surface area contributed by atoms with Crippen LogP contribution in [0.1, 0.15) is 25.7 Å². The van der Waals surface area contributed by atoms with Crippen molar-refractivity contribution in [3.63, 3.8) is 0 Å². The molecule has 0 saturated heterocycles. The molecular formula is C12H17N3O3. The van der Waals surface area contributed by atoms with Crippen LogP contribution in [0.5, 0.6) is 0 Å². The van der Waals surface area contributed by atoms with Crippen molar-refractivity contribution in [2.45, 2.75) is 25.7 Å². The molecular weight excluding hydrogens is 234 g/mol. The SMILES string of the molecule is Cn1ccc(NC(=O)C2CCC(C(=O)O)CC2)n1. The number of aliphatic carboxylic acids is 1. The molecule has 6 nitrogen and oxygen atoms in total. The Morgan fingerprint density at radius 2 is 1.94 bits per heavy atom. The van der Waals surface area contributed by atoms with Crippen molar-refractivity contribution in [3.05, 3.63) is 12.3 Å². The lowest BCUT2D eigenvalue weighted by molar-refractivity contribution is -0.143. The average Bonchev–Trinajstić information content (AvgIpc) is 2.75. The number of hydrogen-bond acceptors (Lipinski definition) is 3. The molecule has 2 rings (SSSR count). The summed E-state index contributed by atoms with van der Waals surface area (Å²) in [6, 6.07) is 1.74. The Hall–Kier alpha value is -1.85. The van der Waals surface area contributed by atoms with E-state index in [-0.39, 0.29) is 17.7 Å². The van der Waals surface area contributed by atoms with E-state index in [4.69, 9.17) is 5.11 Å². The molecule has 1 aliphatic rings. The molecule has 0 unspecified atom stereocenters. The maximum absolute atomic E-state index is 11.9. The number of carbonyl (C=O) groups excluding carboxylic acids is 1. The summed E-state index contributed by atoms with van der Waals surface area (Å²) in [7, 11) is 1.79. The van der Waals surface area contributed by atoms with E-state index in [2.05, 4.69) is 10.4 Å². The van der Waals surface area contributed by atoms with E-state index >= 15 is 0 Å². The van der Waals surface area contributed by atoms with Gasteiger partial charge in [0.2, 0.25) is 5.91 Å². The van der Waals surface area contributed by atoms with Gasteiger partial charge in [0.15, 0.2) is 5.82 Å². The van der Waals surface area contributed by atoms with Gasteiger partial charge in [0.1, 0.15) is 0 Å². The largest absolute Gasteiger partial charge is 0.481 e. The fraction of sp³-hybridized carbons (Fsp3) is 0.583. The summed E-state index contributed by atoms with van der Waals surface area (Å²) in [5.41, 5.74) is 0. The van der Waals surface area contributed by atoms with Crippen LogP contribution < -0.4 is 5.32 Å². The summed E-state index contributed by atoms with van der Waals surface area (Å²) >= 11 is 0. The third-order valence-electron chi connectivity index (χ3n) is 3.41. The van der Waals surface area contributed by atoms with Gasteiger partial charge in [-0.1, -0.05) is 0 Å². The Bertz CT molecular complexity index is 447. The van der Waals surface area contributed by atoms with Gasteiger partial charge in [-0.3, -0.25) is 14.3 Å². The first kappa shape index (κ1) is 12.6. The van der Waals surface area contributed by atoms with E-state index in [9.17, 15) is 9.59 Å². The van der Waals surface area contributed by atoms with Crippen LogP contribution in [0.15, 0.2) is 12.3 Å². The first-order valence-electron chi connectivity index (χ1n) is 6.09. The Balaban J connectivity index is 1.86. The lowest BCUT2D eigenvalue weighted by atomic mass is 9.81. The van der Waals surface area contributed by atoms with Crippen LogP contribution in [0.2, 0.25) is 0 Å². The molecule has 0 radical (unpaired) electrons. The number of rotatable bonds is 3. The smallest absolute Gasteiger partial charge is 0.306 e. The monoisotopic (exact) mass is 251 g/mol. The zero-order chi connectivity index (χ0) is 13.1. The van der Waals surface area contributed by atoms with Crippen molar-refractivity contribution in [2.75, 3.05) is 5.32 Å². The van der Waals surface area contributed by atoms with Gasteiger partial charge in [-0.05, 0) is 25.7 Å². The number of hydrogen-bond donors (Lipinski definition) is 2. The van der Waals surface area contributed by atoms with Crippen LogP contribution in [0, 0.1) is 11.8 Å². The normalized spacial score (nSPS) is 23.6. The summed E-state index contributed by atoms with van der Waals surface area (Å²) < 4.78 is 1.62. The molecule has 1 saturated carbocycles. The van der Waals surface area contributed by atoms with Gasteiger partial charge in [0.25, 0.3) is 0 Å². The maximum atomic E-state index is 11.9. The fourth-order valence-electron chi connectivity index (χ4n) is 2.31. The number of amides is 1. The average molecular weight is 251 g/mol. The molecule has 18 heavy (non-hydrogen) atoms. The number of aryl methyl sites for hydroxylation is 1. The molecule has 1 amide bonds. The van der Waals surface area contributed by atoms with Crippen molar-refractivity contribution in [1.82, 2.24) is 9.78 Å². The minimum absolute atomic E-state index is 0.0578. The Morgan fingerprint density at radius 3 is 2.44 bits per heavy atom. The fourth-order valence-corrected chi connectivity index (χ4v) is 2.31. The van der Waals surface area contributed by atoms with Crippen LogP contribution in [-0.2, 0) is 16.6 Å². The zero-order valence-electron chi connectivity index (χ0n) is 10.3. The molecule has 1 aromatic rings. The van der Waals surface area contributed by atoms with Gasteiger partial charge in [-0.25, -0.2) is 0 Å². The molecule has 2 N–H and O–H groups in total. The number of carboxylic acid groups (broad SMARTS) is 1. The van der Waals surface area contributed by atoms with Crippen LogP contribution in [0.4, 0.5) is 5.82 Å². The van der Waals surface area contributed by atoms with E-state index in [0.717, 1.165) is 0 Å². The van der Waals surface area contributed by atoms with E-state index < -0.39 is 5.97 Å². The molecule has 0 aliphatic heterocycles. The highest BCUT2D eigenvalue weighted by Crippen LogP contribution is 2.29. The molecule has 1 aromatic heterocycles. The van der Waals surface area contributed by atoms with Gasteiger partial charge >= 0.3 is 5.97 Å². The standard InChI is InChI=1S/C12H17N3O3/c1-15-7-6-10(14-15)13-11(16)8-2-4-9(5-3-8)12(17)18/h6-9H,2-5H2,1H3,(H,17,18)(H,13,14,16). The number of carboxylic acids is 1. The quantitative estimate of drug-likeness (QED) is 0.846. The Morgan fingerprint density at radius 1 is 1.33 bits per heavy atom. The zero-order valence-corrected chi connectivity index (χ0v) is 10.3. The highest BCUT2D eigenvalue weighted by molar-refractivity contribution is 5.91. The molecule has 0 aromatic carbocycles. The second-order valence-electron chi connectivity index (χ2n) is 4.75. The minimum Gasteiger partial charge on any atom is -0.481 e. The Labute approximate surface area is 105 Å². The maximum Gasteiger partial charge on any atom is 0.306 e. The lowest BCUT2D eigenvalue weighted by Gasteiger charge is -2.24. The third kappa shape index (κ3) is 2.88. The summed E-state index contributed by atoms with van der Waals surface area (Å²) in [5, 5.41) is 15.7. The van der Waals surface area contributed by atoms with Crippen LogP contribution in [0.3, 0.4) is 0 Å². The van der Waals surface area contributed by atoms with Crippen molar-refractivity contribution < 1.29 is 14.7 Å². The molecule has 1 aliphatic carbocycles. The molecule has 0 atom stereocenters. The lowest BCUT2D eigenvalue weighted by Crippen LogP contribution is -2.29. The molecule has 0 bridgehead atoms. The first-order chi connectivity index (χ1) is 8.56. The highest BCUT2D eigenvalue weighted by Gasteiger charge is 2.29. The number of aromatic nitrogens is 2. The van der Waals surface area contributed by atoms with Crippen molar-refractivity contribution in [1.29, 1.82) is 0 Å². The molecule has 6 heteroatoms. The summed E-state index contributed by atoms with van der Waals surface area (Å²) in [6.07, 6.45) is 4.19. The molecule has 1 fully saturated rings. The predicted molar refractivity (Wildman–Crippen MR) is 64.9 cm³/mol. The van der Waals surface area contributed by atoms with E-state index in [0.29, 0.717) is 31.5 Å². The first-order valence-corrected chi connectivity index (χ1v) is 6.09. The summed E-state index contributed by atoms with van der Waals surface area (Å²) in [4.78, 5) is 22.8.